The fourth-order valence-electron chi connectivity index (χ4n) is 1.24. The lowest BCUT2D eigenvalue weighted by molar-refractivity contribution is 0.111. The summed E-state index contributed by atoms with van der Waals surface area (Å²) in [6.07, 6.45) is 0.797. The van der Waals surface area contributed by atoms with Crippen LogP contribution in [0.15, 0.2) is 28.8 Å². The van der Waals surface area contributed by atoms with E-state index in [0.717, 1.165) is 21.9 Å². The molecule has 3 heteroatoms. The zero-order valence-corrected chi connectivity index (χ0v) is 10.4. The third-order valence-electron chi connectivity index (χ3n) is 1.86. The van der Waals surface area contributed by atoms with E-state index in [1.165, 1.54) is 0 Å². The summed E-state index contributed by atoms with van der Waals surface area (Å²) in [7, 11) is 0. The van der Waals surface area contributed by atoms with Gasteiger partial charge in [-0.1, -0.05) is 22.5 Å². The van der Waals surface area contributed by atoms with Crippen LogP contribution in [-0.2, 0) is 0 Å². The van der Waals surface area contributed by atoms with E-state index < -0.39 is 0 Å². The van der Waals surface area contributed by atoms with Gasteiger partial charge in [0.1, 0.15) is 12.4 Å². The van der Waals surface area contributed by atoms with Crippen LogP contribution in [0.2, 0.25) is 0 Å². The van der Waals surface area contributed by atoms with Crippen molar-refractivity contribution >= 4 is 22.2 Å². The van der Waals surface area contributed by atoms with Crippen LogP contribution in [0.25, 0.3) is 0 Å². The molecule has 0 amide bonds. The number of ether oxygens (including phenoxy) is 1. The molecule has 1 rings (SSSR count). The lowest BCUT2D eigenvalue weighted by atomic mass is 10.1. The Kier molecular flexibility index (Phi) is 4.09. The second-order valence-corrected chi connectivity index (χ2v) is 4.42. The number of carbonyl (C=O) groups excluding carboxylic acids is 1. The predicted molar refractivity (Wildman–Crippen MR) is 64.6 cm³/mol. The van der Waals surface area contributed by atoms with Crippen molar-refractivity contribution in [2.45, 2.75) is 13.8 Å². The minimum atomic E-state index is 0.434. The first-order valence-corrected chi connectivity index (χ1v) is 5.36. The first-order valence-electron chi connectivity index (χ1n) is 4.57. The maximum absolute atomic E-state index is 10.9. The van der Waals surface area contributed by atoms with Gasteiger partial charge in [-0.25, -0.2) is 0 Å². The molecule has 15 heavy (non-hydrogen) atoms. The van der Waals surface area contributed by atoms with E-state index in [0.29, 0.717) is 17.9 Å². The SMILES string of the molecule is C=C(C)COc1c(C)cc(Br)cc1C=O. The van der Waals surface area contributed by atoms with Crippen molar-refractivity contribution in [3.8, 4) is 5.75 Å². The fourth-order valence-corrected chi connectivity index (χ4v) is 1.83. The summed E-state index contributed by atoms with van der Waals surface area (Å²) in [6.45, 7) is 7.98. The lowest BCUT2D eigenvalue weighted by Gasteiger charge is -2.11. The first-order chi connectivity index (χ1) is 7.04. The van der Waals surface area contributed by atoms with Gasteiger partial charge in [0.05, 0.1) is 5.56 Å². The summed E-state index contributed by atoms with van der Waals surface area (Å²) < 4.78 is 6.40. The van der Waals surface area contributed by atoms with Gasteiger partial charge in [0.15, 0.2) is 6.29 Å². The number of halogens is 1. The molecule has 0 spiro atoms. The van der Waals surface area contributed by atoms with Crippen LogP contribution in [0.4, 0.5) is 0 Å². The number of carbonyl (C=O) groups is 1. The molecule has 0 N–H and O–H groups in total. The van der Waals surface area contributed by atoms with Gasteiger partial charge in [0, 0.05) is 4.47 Å². The highest BCUT2D eigenvalue weighted by Gasteiger charge is 2.08. The molecule has 0 radical (unpaired) electrons. The number of aryl methyl sites for hydroxylation is 1. The van der Waals surface area contributed by atoms with Crippen LogP contribution in [0, 0.1) is 6.92 Å². The Labute approximate surface area is 98.1 Å². The topological polar surface area (TPSA) is 26.3 Å². The van der Waals surface area contributed by atoms with E-state index >= 15 is 0 Å². The number of hydrogen-bond donors (Lipinski definition) is 0. The summed E-state index contributed by atoms with van der Waals surface area (Å²) in [5.41, 5.74) is 2.42. The summed E-state index contributed by atoms with van der Waals surface area (Å²) in [6, 6.07) is 3.66. The molecule has 1 aromatic carbocycles. The van der Waals surface area contributed by atoms with E-state index in [1.807, 2.05) is 19.9 Å². The Hall–Kier alpha value is -1.09. The summed E-state index contributed by atoms with van der Waals surface area (Å²) >= 11 is 3.34. The molecular formula is C12H13BrO2. The second-order valence-electron chi connectivity index (χ2n) is 3.50. The van der Waals surface area contributed by atoms with E-state index in [1.54, 1.807) is 6.07 Å². The van der Waals surface area contributed by atoms with Crippen LogP contribution in [0.5, 0.6) is 5.75 Å². The molecule has 0 aliphatic rings. The van der Waals surface area contributed by atoms with Gasteiger partial charge in [-0.2, -0.15) is 0 Å². The fraction of sp³-hybridized carbons (Fsp3) is 0.250. The van der Waals surface area contributed by atoms with Crippen molar-refractivity contribution in [2.24, 2.45) is 0 Å². The maximum atomic E-state index is 10.9. The molecule has 0 aromatic heterocycles. The average molecular weight is 269 g/mol. The van der Waals surface area contributed by atoms with Crippen LogP contribution >= 0.6 is 15.9 Å². The molecule has 0 heterocycles. The zero-order valence-electron chi connectivity index (χ0n) is 8.84. The van der Waals surface area contributed by atoms with Crippen molar-refractivity contribution in [1.82, 2.24) is 0 Å². The Morgan fingerprint density at radius 1 is 1.60 bits per heavy atom. The first kappa shape index (κ1) is 12.0. The van der Waals surface area contributed by atoms with Gasteiger partial charge in [0.25, 0.3) is 0 Å². The largest absolute Gasteiger partial charge is 0.488 e. The smallest absolute Gasteiger partial charge is 0.153 e. The number of hydrogen-bond acceptors (Lipinski definition) is 2. The monoisotopic (exact) mass is 268 g/mol. The van der Waals surface area contributed by atoms with Crippen molar-refractivity contribution in [2.75, 3.05) is 6.61 Å². The normalized spacial score (nSPS) is 9.80. The van der Waals surface area contributed by atoms with Crippen LogP contribution in [-0.4, -0.2) is 12.9 Å². The van der Waals surface area contributed by atoms with Crippen molar-refractivity contribution < 1.29 is 9.53 Å². The Morgan fingerprint density at radius 2 is 2.27 bits per heavy atom. The number of rotatable bonds is 4. The van der Waals surface area contributed by atoms with Crippen LogP contribution < -0.4 is 4.74 Å². The highest BCUT2D eigenvalue weighted by Crippen LogP contribution is 2.27. The van der Waals surface area contributed by atoms with Crippen LogP contribution in [0.1, 0.15) is 22.8 Å². The van der Waals surface area contributed by atoms with Crippen molar-refractivity contribution in [3.63, 3.8) is 0 Å². The Morgan fingerprint density at radius 3 is 2.80 bits per heavy atom. The number of aldehydes is 1. The quantitative estimate of drug-likeness (QED) is 0.617. The van der Waals surface area contributed by atoms with Crippen molar-refractivity contribution in [3.05, 3.63) is 39.9 Å². The standard InChI is InChI=1S/C12H13BrO2/c1-8(2)7-15-12-9(3)4-11(13)5-10(12)6-14/h4-6H,1,7H2,2-3H3. The molecule has 0 aliphatic carbocycles. The molecule has 0 fully saturated rings. The highest BCUT2D eigenvalue weighted by molar-refractivity contribution is 9.10. The van der Waals surface area contributed by atoms with Crippen LogP contribution in [0.3, 0.4) is 0 Å². The minimum absolute atomic E-state index is 0.434. The molecule has 0 saturated carbocycles. The van der Waals surface area contributed by atoms with Gasteiger partial charge in [-0.15, -0.1) is 0 Å². The summed E-state index contributed by atoms with van der Waals surface area (Å²) in [5, 5.41) is 0. The predicted octanol–water partition coefficient (Wildman–Crippen LogP) is 3.52. The van der Waals surface area contributed by atoms with Gasteiger partial charge < -0.3 is 4.74 Å². The Bertz CT molecular complexity index is 397. The molecule has 0 bridgehead atoms. The molecule has 0 aliphatic heterocycles. The molecule has 0 unspecified atom stereocenters. The minimum Gasteiger partial charge on any atom is -0.488 e. The van der Waals surface area contributed by atoms with Gasteiger partial charge in [-0.05, 0) is 37.1 Å². The second kappa shape index (κ2) is 5.12. The Balaban J connectivity index is 3.04. The molecular weight excluding hydrogens is 256 g/mol. The summed E-state index contributed by atoms with van der Waals surface area (Å²) in [5.74, 6) is 0.635. The van der Waals surface area contributed by atoms with Gasteiger partial charge >= 0.3 is 0 Å². The lowest BCUT2D eigenvalue weighted by Crippen LogP contribution is -2.02. The van der Waals surface area contributed by atoms with E-state index in [4.69, 9.17) is 4.74 Å². The molecule has 80 valence electrons. The molecule has 1 aromatic rings. The number of benzene rings is 1. The van der Waals surface area contributed by atoms with E-state index in [-0.39, 0.29) is 0 Å². The van der Waals surface area contributed by atoms with Crippen molar-refractivity contribution in [1.29, 1.82) is 0 Å². The van der Waals surface area contributed by atoms with Gasteiger partial charge in [0.2, 0.25) is 0 Å². The summed E-state index contributed by atoms with van der Waals surface area (Å²) in [4.78, 5) is 10.9. The average Bonchev–Trinajstić information content (AvgIpc) is 2.14. The maximum Gasteiger partial charge on any atom is 0.153 e. The zero-order chi connectivity index (χ0) is 11.4. The third kappa shape index (κ3) is 3.20. The highest BCUT2D eigenvalue weighted by atomic mass is 79.9. The third-order valence-corrected chi connectivity index (χ3v) is 2.32. The van der Waals surface area contributed by atoms with Gasteiger partial charge in [-0.3, -0.25) is 4.79 Å². The molecule has 2 nitrogen and oxygen atoms in total. The van der Waals surface area contributed by atoms with E-state index in [9.17, 15) is 4.79 Å². The van der Waals surface area contributed by atoms with E-state index in [2.05, 4.69) is 22.5 Å². The molecule has 0 saturated heterocycles. The molecule has 0 atom stereocenters.